The van der Waals surface area contributed by atoms with Crippen molar-refractivity contribution < 1.29 is 19.2 Å². The van der Waals surface area contributed by atoms with E-state index in [0.29, 0.717) is 39.3 Å². The third-order valence-corrected chi connectivity index (χ3v) is 4.66. The van der Waals surface area contributed by atoms with Crippen LogP contribution in [0.2, 0.25) is 0 Å². The molecule has 0 saturated carbocycles. The van der Waals surface area contributed by atoms with Crippen LogP contribution in [0.1, 0.15) is 55.8 Å². The van der Waals surface area contributed by atoms with Gasteiger partial charge < -0.3 is 26.2 Å². The van der Waals surface area contributed by atoms with Gasteiger partial charge in [-0.1, -0.05) is 12.1 Å². The van der Waals surface area contributed by atoms with Crippen molar-refractivity contribution in [2.75, 3.05) is 46.3 Å². The van der Waals surface area contributed by atoms with Crippen LogP contribution in [0, 0.1) is 0 Å². The molecule has 2 aromatic heterocycles. The smallest absolute Gasteiger partial charge is 0.269 e. The van der Waals surface area contributed by atoms with Gasteiger partial charge in [0.05, 0.1) is 0 Å². The van der Waals surface area contributed by atoms with Crippen LogP contribution in [0.4, 0.5) is 0 Å². The fourth-order valence-electron chi connectivity index (χ4n) is 2.89. The molecule has 4 amide bonds. The molecule has 34 heavy (non-hydrogen) atoms. The van der Waals surface area contributed by atoms with Gasteiger partial charge >= 0.3 is 0 Å². The molecule has 0 atom stereocenters. The summed E-state index contributed by atoms with van der Waals surface area (Å²) in [5, 5.41) is 10.8. The quantitative estimate of drug-likeness (QED) is 0.344. The molecule has 0 aliphatic heterocycles. The molecule has 11 heteroatoms. The zero-order chi connectivity index (χ0) is 24.9. The summed E-state index contributed by atoms with van der Waals surface area (Å²) in [5.74, 6) is -1.40. The predicted molar refractivity (Wildman–Crippen MR) is 127 cm³/mol. The lowest BCUT2D eigenvalue weighted by molar-refractivity contribution is 0.0931. The Labute approximate surface area is 198 Å². The van der Waals surface area contributed by atoms with E-state index in [0.717, 1.165) is 0 Å². The number of carbonyl (C=O) groups is 4. The number of likely N-dealkylation sites (N-methyl/N-ethyl adjacent to an activating group) is 1. The molecular formula is C23H31N7O4. The lowest BCUT2D eigenvalue weighted by atomic mass is 10.2. The molecule has 2 aromatic rings. The van der Waals surface area contributed by atoms with E-state index >= 15 is 0 Å². The zero-order valence-electron chi connectivity index (χ0n) is 19.7. The second-order valence-electron chi connectivity index (χ2n) is 7.35. The maximum Gasteiger partial charge on any atom is 0.269 e. The minimum atomic E-state index is -0.370. The molecule has 0 aromatic carbocycles. The zero-order valence-corrected chi connectivity index (χ0v) is 19.7. The topological polar surface area (TPSA) is 145 Å². The molecule has 0 unspecified atom stereocenters. The van der Waals surface area contributed by atoms with E-state index in [-0.39, 0.29) is 46.4 Å². The minimum Gasteiger partial charge on any atom is -0.351 e. The lowest BCUT2D eigenvalue weighted by Crippen LogP contribution is -2.38. The first-order valence-electron chi connectivity index (χ1n) is 11.1. The van der Waals surface area contributed by atoms with Gasteiger partial charge in [-0.05, 0) is 45.2 Å². The summed E-state index contributed by atoms with van der Waals surface area (Å²) in [6, 6.07) is 9.42. The summed E-state index contributed by atoms with van der Waals surface area (Å²) in [6.45, 7) is 6.38. The first-order valence-corrected chi connectivity index (χ1v) is 11.1. The predicted octanol–water partition coefficient (Wildman–Crippen LogP) is 0.0676. The number of rotatable bonds is 12. The fraction of sp³-hybridized carbons (Fsp3) is 0.391. The number of aromatic nitrogens is 2. The maximum atomic E-state index is 12.3. The lowest BCUT2D eigenvalue weighted by Gasteiger charge is -2.17. The van der Waals surface area contributed by atoms with Crippen molar-refractivity contribution >= 4 is 23.6 Å². The van der Waals surface area contributed by atoms with E-state index in [9.17, 15) is 19.2 Å². The van der Waals surface area contributed by atoms with Gasteiger partial charge in [-0.25, -0.2) is 9.97 Å². The second kappa shape index (κ2) is 13.6. The Kier molecular flexibility index (Phi) is 10.6. The molecule has 2 rings (SSSR count). The molecule has 182 valence electrons. The van der Waals surface area contributed by atoms with Crippen molar-refractivity contribution in [3.05, 3.63) is 59.2 Å². The van der Waals surface area contributed by atoms with Crippen LogP contribution in [-0.2, 0) is 0 Å². The van der Waals surface area contributed by atoms with Gasteiger partial charge in [-0.3, -0.25) is 19.2 Å². The van der Waals surface area contributed by atoms with E-state index in [1.54, 1.807) is 50.2 Å². The second-order valence-corrected chi connectivity index (χ2v) is 7.35. The largest absolute Gasteiger partial charge is 0.351 e. The molecule has 0 bridgehead atoms. The normalized spacial score (nSPS) is 10.5. The standard InChI is InChI=1S/C23H31N7O4/c1-4-24-20(31)16-8-6-10-18(28-16)22(33)26-12-14-30(3)15-13-27-23(34)19-11-7-9-17(29-19)21(32)25-5-2/h6-11H,4-5,12-15H2,1-3H3,(H,24,31)(H,25,32)(H,26,33)(H,27,34). The van der Waals surface area contributed by atoms with Crippen LogP contribution in [-0.4, -0.2) is 84.8 Å². The van der Waals surface area contributed by atoms with Crippen LogP contribution in [0.15, 0.2) is 36.4 Å². The summed E-state index contributed by atoms with van der Waals surface area (Å²) < 4.78 is 0. The highest BCUT2D eigenvalue weighted by Gasteiger charge is 2.13. The van der Waals surface area contributed by atoms with Crippen molar-refractivity contribution in [3.63, 3.8) is 0 Å². The Morgan fingerprint density at radius 3 is 1.29 bits per heavy atom. The molecule has 11 nitrogen and oxygen atoms in total. The summed E-state index contributed by atoms with van der Waals surface area (Å²) in [6.07, 6.45) is 0. The molecule has 0 aliphatic carbocycles. The Bertz CT molecular complexity index is 933. The maximum absolute atomic E-state index is 12.3. The molecule has 0 spiro atoms. The molecule has 0 saturated heterocycles. The number of carbonyl (C=O) groups excluding carboxylic acids is 4. The average molecular weight is 470 g/mol. The minimum absolute atomic E-state index is 0.168. The number of pyridine rings is 2. The Balaban J connectivity index is 1.73. The van der Waals surface area contributed by atoms with Crippen molar-refractivity contribution in [3.8, 4) is 0 Å². The Morgan fingerprint density at radius 1 is 0.647 bits per heavy atom. The molecule has 0 radical (unpaired) electrons. The molecule has 2 heterocycles. The first kappa shape index (κ1) is 26.4. The number of amides is 4. The van der Waals surface area contributed by atoms with Crippen molar-refractivity contribution in [1.82, 2.24) is 36.1 Å². The Morgan fingerprint density at radius 2 is 0.971 bits per heavy atom. The first-order chi connectivity index (χ1) is 16.3. The summed E-state index contributed by atoms with van der Waals surface area (Å²) >= 11 is 0. The van der Waals surface area contributed by atoms with Gasteiger partial charge in [0.1, 0.15) is 22.8 Å². The van der Waals surface area contributed by atoms with Crippen molar-refractivity contribution in [1.29, 1.82) is 0 Å². The number of hydrogen-bond donors (Lipinski definition) is 4. The molecule has 4 N–H and O–H groups in total. The van der Waals surface area contributed by atoms with Gasteiger partial charge in [0, 0.05) is 39.3 Å². The molecule has 0 fully saturated rings. The van der Waals surface area contributed by atoms with Crippen LogP contribution < -0.4 is 21.3 Å². The SMILES string of the molecule is CCNC(=O)c1cccc(C(=O)NCCN(C)CCNC(=O)c2cccc(C(=O)NCC)n2)n1. The van der Waals surface area contributed by atoms with E-state index in [1.807, 2.05) is 11.9 Å². The highest BCUT2D eigenvalue weighted by Crippen LogP contribution is 2.01. The number of nitrogens with zero attached hydrogens (tertiary/aromatic N) is 3. The van der Waals surface area contributed by atoms with Crippen molar-refractivity contribution in [2.45, 2.75) is 13.8 Å². The van der Waals surface area contributed by atoms with Crippen LogP contribution >= 0.6 is 0 Å². The van der Waals surface area contributed by atoms with E-state index < -0.39 is 0 Å². The van der Waals surface area contributed by atoms with Gasteiger partial charge in [0.25, 0.3) is 23.6 Å². The van der Waals surface area contributed by atoms with E-state index in [4.69, 9.17) is 0 Å². The summed E-state index contributed by atoms with van der Waals surface area (Å²) in [4.78, 5) is 58.5. The molecular weight excluding hydrogens is 438 g/mol. The number of hydrogen-bond acceptors (Lipinski definition) is 7. The highest BCUT2D eigenvalue weighted by atomic mass is 16.2. The summed E-state index contributed by atoms with van der Waals surface area (Å²) in [7, 11) is 1.86. The van der Waals surface area contributed by atoms with Crippen LogP contribution in [0.5, 0.6) is 0 Å². The van der Waals surface area contributed by atoms with Gasteiger partial charge in [0.2, 0.25) is 0 Å². The van der Waals surface area contributed by atoms with Gasteiger partial charge in [0.15, 0.2) is 0 Å². The monoisotopic (exact) mass is 469 g/mol. The third kappa shape index (κ3) is 8.24. The number of nitrogens with one attached hydrogen (secondary N) is 4. The fourth-order valence-corrected chi connectivity index (χ4v) is 2.89. The van der Waals surface area contributed by atoms with E-state index in [1.165, 1.54) is 0 Å². The molecule has 0 aliphatic rings. The van der Waals surface area contributed by atoms with Gasteiger partial charge in [-0.15, -0.1) is 0 Å². The van der Waals surface area contributed by atoms with Crippen LogP contribution in [0.25, 0.3) is 0 Å². The van der Waals surface area contributed by atoms with Crippen molar-refractivity contribution in [2.24, 2.45) is 0 Å². The van der Waals surface area contributed by atoms with E-state index in [2.05, 4.69) is 31.2 Å². The highest BCUT2D eigenvalue weighted by molar-refractivity contribution is 5.97. The summed E-state index contributed by atoms with van der Waals surface area (Å²) in [5.41, 5.74) is 0.712. The van der Waals surface area contributed by atoms with Gasteiger partial charge in [-0.2, -0.15) is 0 Å². The van der Waals surface area contributed by atoms with Crippen LogP contribution in [0.3, 0.4) is 0 Å². The average Bonchev–Trinajstić information content (AvgIpc) is 2.84. The third-order valence-electron chi connectivity index (χ3n) is 4.66. The Hall–Kier alpha value is -3.86.